The molecule has 1 aromatic rings. The van der Waals surface area contributed by atoms with Gasteiger partial charge in [0.1, 0.15) is 19.1 Å². The Morgan fingerprint density at radius 3 is 2.81 bits per heavy atom. The van der Waals surface area contributed by atoms with Crippen molar-refractivity contribution in [1.82, 2.24) is 4.90 Å². The third-order valence-corrected chi connectivity index (χ3v) is 6.86. The van der Waals surface area contributed by atoms with Crippen LogP contribution in [-0.4, -0.2) is 79.9 Å². The van der Waals surface area contributed by atoms with Gasteiger partial charge in [-0.3, -0.25) is 14.4 Å². The summed E-state index contributed by atoms with van der Waals surface area (Å²) >= 11 is 1.47. The Morgan fingerprint density at radius 1 is 1.33 bits per heavy atom. The highest BCUT2D eigenvalue weighted by Gasteiger charge is 2.41. The van der Waals surface area contributed by atoms with Gasteiger partial charge in [0, 0.05) is 38.0 Å². The lowest BCUT2D eigenvalue weighted by Gasteiger charge is -2.23. The van der Waals surface area contributed by atoms with Crippen LogP contribution in [0, 0.1) is 17.2 Å². The standard InChI is InChI=1S/C25H34N4O6S/c1-4-11-35-25(32)18(16-26)14-23-29(5-2)24(31)21(36-23)9-10-27-19-7-6-8-20(15-19)28-22(30)17-34-13-12-33-3/h4,6-8,15,18,21,23,27H,1,5,9-14,17H2,2-3H3,(H,28,30). The van der Waals surface area contributed by atoms with Gasteiger partial charge in [-0.1, -0.05) is 18.7 Å². The fourth-order valence-electron chi connectivity index (χ4n) is 3.59. The number of nitrogens with one attached hydrogen (secondary N) is 2. The van der Waals surface area contributed by atoms with Crippen molar-refractivity contribution in [3.63, 3.8) is 0 Å². The average Bonchev–Trinajstić information content (AvgIpc) is 3.17. The Bertz CT molecular complexity index is 937. The molecular weight excluding hydrogens is 484 g/mol. The van der Waals surface area contributed by atoms with Gasteiger partial charge in [0.2, 0.25) is 11.8 Å². The minimum atomic E-state index is -0.940. The normalized spacial score (nSPS) is 17.8. The molecule has 0 spiro atoms. The minimum absolute atomic E-state index is 0.0000595. The number of esters is 1. The molecule has 0 radical (unpaired) electrons. The van der Waals surface area contributed by atoms with E-state index < -0.39 is 11.9 Å². The number of amides is 2. The lowest BCUT2D eigenvalue weighted by atomic mass is 10.1. The molecule has 11 heteroatoms. The molecule has 1 aliphatic rings. The number of hydrogen-bond donors (Lipinski definition) is 2. The van der Waals surface area contributed by atoms with Crippen LogP contribution in [0.15, 0.2) is 36.9 Å². The number of nitrogens with zero attached hydrogens (tertiary/aromatic N) is 2. The first kappa shape index (κ1) is 29.2. The number of ether oxygens (including phenoxy) is 3. The molecule has 2 amide bonds. The second-order valence-corrected chi connectivity index (χ2v) is 9.31. The molecule has 36 heavy (non-hydrogen) atoms. The second-order valence-electron chi connectivity index (χ2n) is 7.93. The van der Waals surface area contributed by atoms with E-state index in [4.69, 9.17) is 14.2 Å². The Kier molecular flexibility index (Phi) is 12.8. The molecule has 1 heterocycles. The van der Waals surface area contributed by atoms with Crippen molar-refractivity contribution < 1.29 is 28.6 Å². The van der Waals surface area contributed by atoms with Gasteiger partial charge in [-0.05, 0) is 31.5 Å². The molecule has 0 aliphatic carbocycles. The predicted octanol–water partition coefficient (Wildman–Crippen LogP) is 2.64. The topological polar surface area (TPSA) is 130 Å². The summed E-state index contributed by atoms with van der Waals surface area (Å²) in [5.41, 5.74) is 1.44. The highest BCUT2D eigenvalue weighted by molar-refractivity contribution is 8.01. The molecule has 1 saturated heterocycles. The Balaban J connectivity index is 1.85. The SMILES string of the molecule is C=CCOC(=O)C(C#N)CC1SC(CCNc2cccc(NC(=O)COCCOC)c2)C(=O)N1CC. The highest BCUT2D eigenvalue weighted by Crippen LogP contribution is 2.37. The molecule has 1 aromatic carbocycles. The molecule has 3 unspecified atom stereocenters. The fourth-order valence-corrected chi connectivity index (χ4v) is 5.17. The number of thioether (sulfide) groups is 1. The third-order valence-electron chi connectivity index (χ3n) is 5.34. The molecular formula is C25H34N4O6S. The second kappa shape index (κ2) is 15.8. The molecule has 196 valence electrons. The van der Waals surface area contributed by atoms with Gasteiger partial charge in [0.15, 0.2) is 0 Å². The summed E-state index contributed by atoms with van der Waals surface area (Å²) in [7, 11) is 1.57. The first-order valence-corrected chi connectivity index (χ1v) is 12.7. The maximum Gasteiger partial charge on any atom is 0.323 e. The van der Waals surface area contributed by atoms with Gasteiger partial charge >= 0.3 is 5.97 Å². The summed E-state index contributed by atoms with van der Waals surface area (Å²) < 4.78 is 15.1. The molecule has 2 rings (SSSR count). The van der Waals surface area contributed by atoms with Crippen LogP contribution in [0.1, 0.15) is 19.8 Å². The molecule has 1 fully saturated rings. The van der Waals surface area contributed by atoms with Crippen LogP contribution in [0.4, 0.5) is 11.4 Å². The van der Waals surface area contributed by atoms with E-state index in [1.54, 1.807) is 18.1 Å². The van der Waals surface area contributed by atoms with Crippen molar-refractivity contribution in [1.29, 1.82) is 5.26 Å². The van der Waals surface area contributed by atoms with Gasteiger partial charge in [-0.25, -0.2) is 0 Å². The summed E-state index contributed by atoms with van der Waals surface area (Å²) in [5.74, 6) is -1.80. The average molecular weight is 519 g/mol. The van der Waals surface area contributed by atoms with Crippen molar-refractivity contribution in [3.8, 4) is 6.07 Å². The molecule has 10 nitrogen and oxygen atoms in total. The van der Waals surface area contributed by atoms with E-state index in [1.165, 1.54) is 17.8 Å². The van der Waals surface area contributed by atoms with Gasteiger partial charge in [0.05, 0.1) is 29.9 Å². The first-order valence-electron chi connectivity index (χ1n) is 11.8. The lowest BCUT2D eigenvalue weighted by Crippen LogP contribution is -2.36. The van der Waals surface area contributed by atoms with E-state index in [0.717, 1.165) is 5.69 Å². The number of methoxy groups -OCH3 is 1. The summed E-state index contributed by atoms with van der Waals surface area (Å²) in [6.45, 7) is 7.17. The van der Waals surface area contributed by atoms with Crippen molar-refractivity contribution in [2.45, 2.75) is 30.4 Å². The Labute approximate surface area is 216 Å². The van der Waals surface area contributed by atoms with Crippen LogP contribution in [-0.2, 0) is 28.6 Å². The zero-order chi connectivity index (χ0) is 26.3. The van der Waals surface area contributed by atoms with Crippen molar-refractivity contribution in [2.24, 2.45) is 5.92 Å². The number of nitriles is 1. The largest absolute Gasteiger partial charge is 0.460 e. The quantitative estimate of drug-likeness (QED) is 0.193. The summed E-state index contributed by atoms with van der Waals surface area (Å²) in [6.07, 6.45) is 2.24. The molecule has 3 atom stereocenters. The minimum Gasteiger partial charge on any atom is -0.460 e. The van der Waals surface area contributed by atoms with Crippen LogP contribution in [0.3, 0.4) is 0 Å². The number of carbonyl (C=O) groups is 3. The molecule has 2 N–H and O–H groups in total. The van der Waals surface area contributed by atoms with Crippen LogP contribution >= 0.6 is 11.8 Å². The highest BCUT2D eigenvalue weighted by atomic mass is 32.2. The summed E-state index contributed by atoms with van der Waals surface area (Å²) in [5, 5.41) is 14.9. The monoisotopic (exact) mass is 518 g/mol. The van der Waals surface area contributed by atoms with Gasteiger partial charge in [-0.2, -0.15) is 5.26 Å². The number of carbonyl (C=O) groups excluding carboxylic acids is 3. The van der Waals surface area contributed by atoms with Gasteiger partial charge in [-0.15, -0.1) is 11.8 Å². The van der Waals surface area contributed by atoms with Crippen molar-refractivity contribution >= 4 is 40.9 Å². The van der Waals surface area contributed by atoms with Crippen LogP contribution in [0.2, 0.25) is 0 Å². The van der Waals surface area contributed by atoms with E-state index >= 15 is 0 Å². The smallest absolute Gasteiger partial charge is 0.323 e. The lowest BCUT2D eigenvalue weighted by molar-refractivity contribution is -0.146. The Morgan fingerprint density at radius 2 is 2.11 bits per heavy atom. The van der Waals surface area contributed by atoms with E-state index in [1.807, 2.05) is 31.2 Å². The van der Waals surface area contributed by atoms with Crippen molar-refractivity contribution in [3.05, 3.63) is 36.9 Å². The zero-order valence-corrected chi connectivity index (χ0v) is 21.6. The maximum absolute atomic E-state index is 12.9. The predicted molar refractivity (Wildman–Crippen MR) is 138 cm³/mol. The summed E-state index contributed by atoms with van der Waals surface area (Å²) in [4.78, 5) is 38.7. The first-order chi connectivity index (χ1) is 17.4. The molecule has 0 saturated carbocycles. The van der Waals surface area contributed by atoms with Crippen molar-refractivity contribution in [2.75, 3.05) is 57.3 Å². The number of hydrogen-bond acceptors (Lipinski definition) is 9. The number of anilines is 2. The van der Waals surface area contributed by atoms with E-state index in [9.17, 15) is 19.6 Å². The zero-order valence-electron chi connectivity index (χ0n) is 20.7. The van der Waals surface area contributed by atoms with Gasteiger partial charge in [0.25, 0.3) is 0 Å². The van der Waals surface area contributed by atoms with Crippen LogP contribution in [0.5, 0.6) is 0 Å². The third kappa shape index (κ3) is 9.18. The maximum atomic E-state index is 12.9. The van der Waals surface area contributed by atoms with Gasteiger partial charge < -0.3 is 29.7 Å². The Hall–Kier alpha value is -3.07. The number of rotatable bonds is 16. The number of benzene rings is 1. The summed E-state index contributed by atoms with van der Waals surface area (Å²) in [6, 6.07) is 9.29. The molecule has 1 aliphatic heterocycles. The van der Waals surface area contributed by atoms with Crippen LogP contribution < -0.4 is 10.6 Å². The molecule has 0 bridgehead atoms. The van der Waals surface area contributed by atoms with Crippen LogP contribution in [0.25, 0.3) is 0 Å². The van der Waals surface area contributed by atoms with E-state index in [0.29, 0.717) is 38.4 Å². The fraction of sp³-hybridized carbons (Fsp3) is 0.520. The van der Waals surface area contributed by atoms with E-state index in [-0.39, 0.29) is 42.1 Å². The molecule has 0 aromatic heterocycles. The van der Waals surface area contributed by atoms with E-state index in [2.05, 4.69) is 17.2 Å².